The Labute approximate surface area is 154 Å². The van der Waals surface area contributed by atoms with E-state index in [1.807, 2.05) is 20.8 Å². The van der Waals surface area contributed by atoms with E-state index in [0.29, 0.717) is 21.9 Å². The van der Waals surface area contributed by atoms with Crippen LogP contribution >= 0.6 is 27.5 Å². The number of nitrogens with one attached hydrogen (secondary N) is 1. The van der Waals surface area contributed by atoms with Crippen LogP contribution in [0.1, 0.15) is 33.6 Å². The van der Waals surface area contributed by atoms with Crippen molar-refractivity contribution in [1.29, 1.82) is 0 Å². The second-order valence-corrected chi connectivity index (χ2v) is 8.52. The van der Waals surface area contributed by atoms with E-state index < -0.39 is 6.09 Å². The molecule has 8 heteroatoms. The highest BCUT2D eigenvalue weighted by Crippen LogP contribution is 2.54. The van der Waals surface area contributed by atoms with Gasteiger partial charge in [-0.2, -0.15) is 0 Å². The first-order valence-electron chi connectivity index (χ1n) is 7.61. The molecule has 1 heterocycles. The van der Waals surface area contributed by atoms with E-state index in [1.165, 1.54) is 6.20 Å². The fourth-order valence-corrected chi connectivity index (χ4v) is 3.65. The number of nitrogens with zero attached hydrogens (tertiary/aromatic N) is 2. The van der Waals surface area contributed by atoms with E-state index in [9.17, 15) is 14.7 Å². The van der Waals surface area contributed by atoms with E-state index in [0.717, 1.165) is 19.3 Å². The number of halogens is 2. The minimum atomic E-state index is -1.05. The smallest absolute Gasteiger partial charge is 0.404 e. The van der Waals surface area contributed by atoms with Crippen molar-refractivity contribution in [3.8, 4) is 0 Å². The molecule has 0 aromatic carbocycles. The number of carbonyl (C=O) groups excluding carboxylic acids is 1. The Kier molecular flexibility index (Phi) is 5.44. The predicted octanol–water partition coefficient (Wildman–Crippen LogP) is 3.92. The van der Waals surface area contributed by atoms with Crippen LogP contribution in [0, 0.1) is 10.8 Å². The van der Waals surface area contributed by atoms with Crippen molar-refractivity contribution in [2.24, 2.45) is 10.8 Å². The number of aromatic nitrogens is 1. The van der Waals surface area contributed by atoms with Crippen molar-refractivity contribution in [3.63, 3.8) is 0 Å². The van der Waals surface area contributed by atoms with Crippen molar-refractivity contribution in [1.82, 2.24) is 10.3 Å². The van der Waals surface area contributed by atoms with Crippen molar-refractivity contribution in [2.45, 2.75) is 39.7 Å². The van der Waals surface area contributed by atoms with Crippen LogP contribution in [0.25, 0.3) is 0 Å². The second kappa shape index (κ2) is 6.88. The van der Waals surface area contributed by atoms with Gasteiger partial charge in [-0.05, 0) is 40.3 Å². The molecule has 1 atom stereocenters. The molecular weight excluding hydrogens is 398 g/mol. The third-order valence-corrected chi connectivity index (χ3v) is 5.50. The molecule has 2 N–H and O–H groups in total. The Hall–Kier alpha value is -1.34. The number of anilines is 1. The molecule has 1 unspecified atom stereocenters. The zero-order chi connectivity index (χ0) is 18.1. The number of hydrogen-bond donors (Lipinski definition) is 2. The second-order valence-electron chi connectivity index (χ2n) is 7.31. The summed E-state index contributed by atoms with van der Waals surface area (Å²) in [4.78, 5) is 28.4. The molecule has 2 rings (SSSR count). The molecule has 0 saturated heterocycles. The lowest BCUT2D eigenvalue weighted by Gasteiger charge is -2.39. The van der Waals surface area contributed by atoms with Crippen LogP contribution in [0.2, 0.25) is 5.15 Å². The topological polar surface area (TPSA) is 82.5 Å². The van der Waals surface area contributed by atoms with Gasteiger partial charge in [0.25, 0.3) is 0 Å². The molecule has 1 aliphatic carbocycles. The minimum Gasteiger partial charge on any atom is -0.465 e. The highest BCUT2D eigenvalue weighted by molar-refractivity contribution is 9.10. The SMILES string of the molecule is CC(C)(C)C(NC(=O)O)C1(CN(C=O)c2cnc(Cl)c(Br)c2)CC1. The van der Waals surface area contributed by atoms with Gasteiger partial charge in [-0.3, -0.25) is 4.79 Å². The van der Waals surface area contributed by atoms with Crippen molar-refractivity contribution in [2.75, 3.05) is 11.4 Å². The Morgan fingerprint density at radius 1 is 1.58 bits per heavy atom. The maximum atomic E-state index is 11.6. The summed E-state index contributed by atoms with van der Waals surface area (Å²) in [7, 11) is 0. The van der Waals surface area contributed by atoms with Gasteiger partial charge in [0.05, 0.1) is 16.4 Å². The fourth-order valence-electron chi connectivity index (χ4n) is 3.21. The normalized spacial score (nSPS) is 17.0. The predicted molar refractivity (Wildman–Crippen MR) is 96.4 cm³/mol. The largest absolute Gasteiger partial charge is 0.465 e. The summed E-state index contributed by atoms with van der Waals surface area (Å²) in [5.74, 6) is 0. The first-order chi connectivity index (χ1) is 11.1. The van der Waals surface area contributed by atoms with Gasteiger partial charge in [0.15, 0.2) is 0 Å². The number of pyridine rings is 1. The van der Waals surface area contributed by atoms with Crippen LogP contribution in [0.4, 0.5) is 10.5 Å². The first kappa shape index (κ1) is 19.0. The van der Waals surface area contributed by atoms with E-state index in [-0.39, 0.29) is 16.9 Å². The minimum absolute atomic E-state index is 0.256. The molecule has 24 heavy (non-hydrogen) atoms. The molecular formula is C16H21BrClN3O3. The van der Waals surface area contributed by atoms with Gasteiger partial charge in [0.1, 0.15) is 5.15 Å². The van der Waals surface area contributed by atoms with E-state index >= 15 is 0 Å². The Bertz CT molecular complexity index is 644. The Morgan fingerprint density at radius 3 is 2.62 bits per heavy atom. The highest BCUT2D eigenvalue weighted by atomic mass is 79.9. The molecule has 0 spiro atoms. The summed E-state index contributed by atoms with van der Waals surface area (Å²) in [6, 6.07) is 1.48. The molecule has 6 nitrogen and oxygen atoms in total. The summed E-state index contributed by atoms with van der Waals surface area (Å²) < 4.78 is 0.606. The van der Waals surface area contributed by atoms with E-state index in [2.05, 4.69) is 26.2 Å². The van der Waals surface area contributed by atoms with Gasteiger partial charge in [-0.25, -0.2) is 9.78 Å². The third-order valence-electron chi connectivity index (χ3n) is 4.36. The Balaban J connectivity index is 2.26. The zero-order valence-electron chi connectivity index (χ0n) is 13.8. The molecule has 1 aromatic rings. The highest BCUT2D eigenvalue weighted by Gasteiger charge is 2.54. The maximum absolute atomic E-state index is 11.6. The first-order valence-corrected chi connectivity index (χ1v) is 8.78. The summed E-state index contributed by atoms with van der Waals surface area (Å²) in [5, 5.41) is 12.2. The van der Waals surface area contributed by atoms with Crippen LogP contribution in [0.3, 0.4) is 0 Å². The lowest BCUT2D eigenvalue weighted by Crippen LogP contribution is -2.52. The lowest BCUT2D eigenvalue weighted by atomic mass is 9.76. The molecule has 1 fully saturated rings. The van der Waals surface area contributed by atoms with Crippen LogP contribution in [0.15, 0.2) is 16.7 Å². The van der Waals surface area contributed by atoms with E-state index in [4.69, 9.17) is 11.6 Å². The van der Waals surface area contributed by atoms with Crippen molar-refractivity contribution >= 4 is 45.7 Å². The van der Waals surface area contributed by atoms with E-state index in [1.54, 1.807) is 11.0 Å². The monoisotopic (exact) mass is 417 g/mol. The standard InChI is InChI=1S/C16H21BrClN3O3/c1-15(2,3)13(20-14(23)24)16(4-5-16)8-21(9-22)10-6-11(17)12(18)19-7-10/h6-7,9,13,20H,4-5,8H2,1-3H3,(H,23,24). The molecule has 0 bridgehead atoms. The number of rotatable bonds is 6. The molecule has 1 aliphatic rings. The van der Waals surface area contributed by atoms with Crippen LogP contribution in [-0.2, 0) is 4.79 Å². The number of carbonyl (C=O) groups is 2. The van der Waals surface area contributed by atoms with Crippen LogP contribution in [0.5, 0.6) is 0 Å². The van der Waals surface area contributed by atoms with Gasteiger partial charge in [0, 0.05) is 18.0 Å². The van der Waals surface area contributed by atoms with Gasteiger partial charge in [-0.1, -0.05) is 32.4 Å². The van der Waals surface area contributed by atoms with Gasteiger partial charge < -0.3 is 15.3 Å². The van der Waals surface area contributed by atoms with Gasteiger partial charge in [0.2, 0.25) is 6.41 Å². The van der Waals surface area contributed by atoms with Crippen LogP contribution < -0.4 is 10.2 Å². The fraction of sp³-hybridized carbons (Fsp3) is 0.562. The summed E-state index contributed by atoms with van der Waals surface area (Å²) in [5.41, 5.74) is 0.0851. The average Bonchev–Trinajstić information content (AvgIpc) is 3.24. The summed E-state index contributed by atoms with van der Waals surface area (Å²) >= 11 is 9.21. The quantitative estimate of drug-likeness (QED) is 0.542. The van der Waals surface area contributed by atoms with Gasteiger partial charge in [-0.15, -0.1) is 0 Å². The molecule has 1 aromatic heterocycles. The summed E-state index contributed by atoms with van der Waals surface area (Å²) in [6.45, 7) is 6.42. The zero-order valence-corrected chi connectivity index (χ0v) is 16.2. The van der Waals surface area contributed by atoms with Crippen LogP contribution in [-0.4, -0.2) is 35.2 Å². The Morgan fingerprint density at radius 2 is 2.21 bits per heavy atom. The van der Waals surface area contributed by atoms with Gasteiger partial charge >= 0.3 is 6.09 Å². The lowest BCUT2D eigenvalue weighted by molar-refractivity contribution is -0.107. The van der Waals surface area contributed by atoms with Crippen molar-refractivity contribution < 1.29 is 14.7 Å². The molecule has 1 saturated carbocycles. The molecule has 0 aliphatic heterocycles. The number of carboxylic acid groups (broad SMARTS) is 1. The summed E-state index contributed by atoms with van der Waals surface area (Å²) in [6.07, 6.45) is 2.96. The third kappa shape index (κ3) is 4.19. The number of hydrogen-bond acceptors (Lipinski definition) is 3. The molecule has 132 valence electrons. The molecule has 0 radical (unpaired) electrons. The molecule has 2 amide bonds. The van der Waals surface area contributed by atoms with Crippen molar-refractivity contribution in [3.05, 3.63) is 21.9 Å². The number of amides is 2. The maximum Gasteiger partial charge on any atom is 0.404 e. The average molecular weight is 419 g/mol.